The van der Waals surface area contributed by atoms with Gasteiger partial charge >= 0.3 is 0 Å². The van der Waals surface area contributed by atoms with Crippen LogP contribution in [0.1, 0.15) is 10.4 Å². The van der Waals surface area contributed by atoms with E-state index < -0.39 is 5.91 Å². The molecule has 1 heterocycles. The van der Waals surface area contributed by atoms with Crippen LogP contribution in [-0.2, 0) is 11.3 Å². The molecule has 8 nitrogen and oxygen atoms in total. The smallest absolute Gasteiger partial charge is 0.255 e. The van der Waals surface area contributed by atoms with E-state index in [1.54, 1.807) is 22.8 Å². The number of rotatable bonds is 8. The number of carbonyl (C=O) groups is 2. The minimum Gasteiger partial charge on any atom is -0.457 e. The number of hydrogen-bond acceptors (Lipinski definition) is 5. The molecule has 1 aromatic heterocycles. The summed E-state index contributed by atoms with van der Waals surface area (Å²) in [6.07, 6.45) is 0. The molecule has 0 aliphatic heterocycles. The summed E-state index contributed by atoms with van der Waals surface area (Å²) in [6.45, 7) is -0.0562. The molecule has 2 amide bonds. The van der Waals surface area contributed by atoms with Crippen molar-refractivity contribution in [1.82, 2.24) is 9.55 Å². The second kappa shape index (κ2) is 10.5. The number of hydrogen-bond donors (Lipinski definition) is 2. The Morgan fingerprint density at radius 1 is 0.895 bits per heavy atom. The standard InChI is InChI=1S/C30H27N5O3/c1-34(2)23-14-12-22(13-15-23)32-30(37)21-11-16-27-26(18-21)33-29(35(27)19-28(31)36)20-7-6-10-25(17-20)38-24-8-4-3-5-9-24/h3-18H,19H2,1-2H3,(H2,31,36)(H,32,37). The SMILES string of the molecule is CN(C)c1ccc(NC(=O)c2ccc3c(c2)nc(-c2cccc(Oc4ccccc4)c2)n3CC(N)=O)cc1. The van der Waals surface area contributed by atoms with Gasteiger partial charge in [-0.1, -0.05) is 30.3 Å². The molecule has 0 aliphatic rings. The quantitative estimate of drug-likeness (QED) is 0.298. The van der Waals surface area contributed by atoms with Crippen molar-refractivity contribution in [3.63, 3.8) is 0 Å². The van der Waals surface area contributed by atoms with Gasteiger partial charge in [0.1, 0.15) is 23.9 Å². The van der Waals surface area contributed by atoms with Gasteiger partial charge in [0, 0.05) is 36.6 Å². The molecule has 190 valence electrons. The number of nitrogens with one attached hydrogen (secondary N) is 1. The number of para-hydroxylation sites is 1. The zero-order valence-corrected chi connectivity index (χ0v) is 21.1. The van der Waals surface area contributed by atoms with E-state index in [1.165, 1.54) is 0 Å². The fourth-order valence-corrected chi connectivity index (χ4v) is 4.18. The minimum atomic E-state index is -0.495. The number of carbonyl (C=O) groups excluding carboxylic acids is 2. The van der Waals surface area contributed by atoms with Crippen LogP contribution in [0.3, 0.4) is 0 Å². The molecule has 5 aromatic rings. The summed E-state index contributed by atoms with van der Waals surface area (Å²) in [6, 6.07) is 29.7. The van der Waals surface area contributed by atoms with Gasteiger partial charge in [-0.2, -0.15) is 0 Å². The third-order valence-corrected chi connectivity index (χ3v) is 6.04. The van der Waals surface area contributed by atoms with Gasteiger partial charge in [0.25, 0.3) is 5.91 Å². The van der Waals surface area contributed by atoms with Crippen LogP contribution in [0.4, 0.5) is 11.4 Å². The minimum absolute atomic E-state index is 0.0562. The largest absolute Gasteiger partial charge is 0.457 e. The molecule has 0 saturated carbocycles. The average molecular weight is 506 g/mol. The fourth-order valence-electron chi connectivity index (χ4n) is 4.18. The lowest BCUT2D eigenvalue weighted by Crippen LogP contribution is -2.19. The predicted molar refractivity (Wildman–Crippen MR) is 150 cm³/mol. The number of aromatic nitrogens is 2. The fraction of sp³-hybridized carbons (Fsp3) is 0.100. The number of nitrogens with zero attached hydrogens (tertiary/aromatic N) is 3. The molecule has 0 unspecified atom stereocenters. The van der Waals surface area contributed by atoms with E-state index >= 15 is 0 Å². The summed E-state index contributed by atoms with van der Waals surface area (Å²) < 4.78 is 7.73. The molecule has 8 heteroatoms. The second-order valence-electron chi connectivity index (χ2n) is 9.03. The van der Waals surface area contributed by atoms with Crippen LogP contribution in [0.2, 0.25) is 0 Å². The molecule has 3 N–H and O–H groups in total. The molecule has 0 fully saturated rings. The average Bonchev–Trinajstić information content (AvgIpc) is 3.26. The number of anilines is 2. The van der Waals surface area contributed by atoms with Crippen LogP contribution in [0.25, 0.3) is 22.4 Å². The van der Waals surface area contributed by atoms with Gasteiger partial charge in [0.15, 0.2) is 0 Å². The van der Waals surface area contributed by atoms with Crippen molar-refractivity contribution in [2.45, 2.75) is 6.54 Å². The summed E-state index contributed by atoms with van der Waals surface area (Å²) in [7, 11) is 3.92. The molecule has 0 atom stereocenters. The summed E-state index contributed by atoms with van der Waals surface area (Å²) in [5.41, 5.74) is 9.77. The van der Waals surface area contributed by atoms with E-state index in [2.05, 4.69) is 5.32 Å². The molecule has 0 radical (unpaired) electrons. The number of primary amides is 1. The van der Waals surface area contributed by atoms with Crippen LogP contribution < -0.4 is 20.7 Å². The molecule has 0 saturated heterocycles. The first-order valence-corrected chi connectivity index (χ1v) is 12.1. The normalized spacial score (nSPS) is 10.8. The first-order valence-electron chi connectivity index (χ1n) is 12.1. The van der Waals surface area contributed by atoms with Crippen molar-refractivity contribution < 1.29 is 14.3 Å². The van der Waals surface area contributed by atoms with Gasteiger partial charge < -0.3 is 25.3 Å². The van der Waals surface area contributed by atoms with Crippen LogP contribution in [0, 0.1) is 0 Å². The highest BCUT2D eigenvalue weighted by Gasteiger charge is 2.17. The van der Waals surface area contributed by atoms with Gasteiger partial charge in [-0.15, -0.1) is 0 Å². The highest BCUT2D eigenvalue weighted by atomic mass is 16.5. The van der Waals surface area contributed by atoms with Crippen LogP contribution in [0.5, 0.6) is 11.5 Å². The van der Waals surface area contributed by atoms with Crippen LogP contribution in [-0.4, -0.2) is 35.5 Å². The van der Waals surface area contributed by atoms with Crippen molar-refractivity contribution in [2.24, 2.45) is 5.73 Å². The maximum absolute atomic E-state index is 13.0. The summed E-state index contributed by atoms with van der Waals surface area (Å²) in [5, 5.41) is 2.92. The van der Waals surface area contributed by atoms with E-state index in [0.29, 0.717) is 39.6 Å². The lowest BCUT2D eigenvalue weighted by molar-refractivity contribution is -0.118. The van der Waals surface area contributed by atoms with Crippen molar-refractivity contribution in [3.05, 3.63) is 103 Å². The highest BCUT2D eigenvalue weighted by molar-refractivity contribution is 6.06. The Morgan fingerprint density at radius 2 is 1.63 bits per heavy atom. The first kappa shape index (κ1) is 24.6. The lowest BCUT2D eigenvalue weighted by Gasteiger charge is -2.13. The molecular formula is C30H27N5O3. The van der Waals surface area contributed by atoms with E-state index in [9.17, 15) is 9.59 Å². The highest BCUT2D eigenvalue weighted by Crippen LogP contribution is 2.30. The molecule has 5 rings (SSSR count). The summed E-state index contributed by atoms with van der Waals surface area (Å²) >= 11 is 0. The molecule has 4 aromatic carbocycles. The Labute approximate surface area is 220 Å². The van der Waals surface area contributed by atoms with Crippen molar-refractivity contribution >= 4 is 34.2 Å². The molecular weight excluding hydrogens is 478 g/mol. The third-order valence-electron chi connectivity index (χ3n) is 6.04. The Bertz CT molecular complexity index is 1610. The summed E-state index contributed by atoms with van der Waals surface area (Å²) in [4.78, 5) is 31.7. The number of fused-ring (bicyclic) bond motifs is 1. The van der Waals surface area contributed by atoms with E-state index in [1.807, 2.05) is 97.9 Å². The Hall–Kier alpha value is -5.11. The first-order chi connectivity index (χ1) is 18.4. The number of ether oxygens (including phenoxy) is 1. The maximum Gasteiger partial charge on any atom is 0.255 e. The predicted octanol–water partition coefficient (Wildman–Crippen LogP) is 5.30. The van der Waals surface area contributed by atoms with Crippen LogP contribution >= 0.6 is 0 Å². The van der Waals surface area contributed by atoms with Crippen molar-refractivity contribution in [2.75, 3.05) is 24.3 Å². The van der Waals surface area contributed by atoms with Gasteiger partial charge in [-0.05, 0) is 66.7 Å². The monoisotopic (exact) mass is 505 g/mol. The second-order valence-corrected chi connectivity index (χ2v) is 9.03. The molecule has 0 aliphatic carbocycles. The zero-order valence-electron chi connectivity index (χ0n) is 21.1. The number of nitrogens with two attached hydrogens (primary N) is 1. The maximum atomic E-state index is 13.0. The zero-order chi connectivity index (χ0) is 26.6. The summed E-state index contributed by atoms with van der Waals surface area (Å²) in [5.74, 6) is 1.14. The van der Waals surface area contributed by atoms with Crippen LogP contribution in [0.15, 0.2) is 97.1 Å². The Kier molecular flexibility index (Phi) is 6.78. The van der Waals surface area contributed by atoms with Crippen molar-refractivity contribution in [3.8, 4) is 22.9 Å². The van der Waals surface area contributed by atoms with Gasteiger partial charge in [-0.25, -0.2) is 4.98 Å². The molecule has 0 bridgehead atoms. The number of imidazole rings is 1. The molecule has 0 spiro atoms. The third kappa shape index (κ3) is 5.34. The van der Waals surface area contributed by atoms with Gasteiger partial charge in [0.05, 0.1) is 11.0 Å². The Balaban J connectivity index is 1.47. The number of benzene rings is 4. The van der Waals surface area contributed by atoms with E-state index in [4.69, 9.17) is 15.5 Å². The van der Waals surface area contributed by atoms with E-state index in [-0.39, 0.29) is 12.5 Å². The number of amides is 2. The van der Waals surface area contributed by atoms with Gasteiger partial charge in [0.2, 0.25) is 5.91 Å². The van der Waals surface area contributed by atoms with Crippen molar-refractivity contribution in [1.29, 1.82) is 0 Å². The Morgan fingerprint density at radius 3 is 2.34 bits per heavy atom. The lowest BCUT2D eigenvalue weighted by atomic mass is 10.1. The topological polar surface area (TPSA) is 102 Å². The molecule has 38 heavy (non-hydrogen) atoms. The van der Waals surface area contributed by atoms with E-state index in [0.717, 1.165) is 11.3 Å². The van der Waals surface area contributed by atoms with Gasteiger partial charge in [-0.3, -0.25) is 9.59 Å².